The average Bonchev–Trinajstić information content (AvgIpc) is 3.54. The largest absolute Gasteiger partial charge is 0.396 e. The predicted octanol–water partition coefficient (Wildman–Crippen LogP) is 2.93. The lowest BCUT2D eigenvalue weighted by Crippen LogP contribution is -2.65. The topological polar surface area (TPSA) is 77.8 Å². The molecular weight excluding hydrogens is 352 g/mol. The van der Waals surface area contributed by atoms with E-state index in [9.17, 15) is 20.1 Å². The molecule has 0 aliphatic heterocycles. The van der Waals surface area contributed by atoms with Gasteiger partial charge in [-0.3, -0.25) is 4.79 Å². The highest BCUT2D eigenvalue weighted by Gasteiger charge is 2.81. The van der Waals surface area contributed by atoms with Crippen LogP contribution in [0.4, 0.5) is 0 Å². The molecule has 0 bridgehead atoms. The summed E-state index contributed by atoms with van der Waals surface area (Å²) in [4.78, 5) is 12.3. The number of carbonyl (C=O) groups excluding carboxylic acids is 1. The third kappa shape index (κ3) is 1.84. The molecule has 28 heavy (non-hydrogen) atoms. The molecule has 6 rings (SSSR count). The summed E-state index contributed by atoms with van der Waals surface area (Å²) < 4.78 is 0. The maximum Gasteiger partial charge on any atom is 0.135 e. The minimum Gasteiger partial charge on any atom is -0.396 e. The van der Waals surface area contributed by atoms with Gasteiger partial charge >= 0.3 is 0 Å². The van der Waals surface area contributed by atoms with Crippen molar-refractivity contribution < 1.29 is 20.1 Å². The van der Waals surface area contributed by atoms with Gasteiger partial charge < -0.3 is 15.3 Å². The first-order chi connectivity index (χ1) is 13.2. The van der Waals surface area contributed by atoms with E-state index in [1.54, 1.807) is 0 Å². The van der Waals surface area contributed by atoms with Crippen LogP contribution < -0.4 is 0 Å². The fraction of sp³-hybridized carbons (Fsp3) is 0.958. The summed E-state index contributed by atoms with van der Waals surface area (Å²) in [6.07, 6.45) is 7.64. The summed E-state index contributed by atoms with van der Waals surface area (Å²) in [6, 6.07) is 0. The third-order valence-corrected chi connectivity index (χ3v) is 11.4. The van der Waals surface area contributed by atoms with Crippen molar-refractivity contribution in [1.82, 2.24) is 0 Å². The molecule has 0 saturated heterocycles. The Labute approximate surface area is 168 Å². The van der Waals surface area contributed by atoms with Crippen molar-refractivity contribution in [2.24, 2.45) is 52.3 Å². The van der Waals surface area contributed by atoms with E-state index < -0.39 is 11.2 Å². The van der Waals surface area contributed by atoms with Crippen molar-refractivity contribution >= 4 is 5.78 Å². The third-order valence-electron chi connectivity index (χ3n) is 11.4. The minimum atomic E-state index is -0.781. The SMILES string of the molecule is CC12CCC(=O)CC1(O)C1CC1C1C2CCC2(C)C1C1CC1C2(O)CCCO. The van der Waals surface area contributed by atoms with Gasteiger partial charge in [0.25, 0.3) is 0 Å². The summed E-state index contributed by atoms with van der Waals surface area (Å²) in [5, 5.41) is 33.0. The molecule has 0 heterocycles. The van der Waals surface area contributed by atoms with E-state index in [0.717, 1.165) is 38.5 Å². The zero-order valence-corrected chi connectivity index (χ0v) is 17.4. The molecule has 0 amide bonds. The molecule has 6 saturated carbocycles. The molecule has 0 aromatic heterocycles. The Morgan fingerprint density at radius 1 is 1.00 bits per heavy atom. The molecule has 11 unspecified atom stereocenters. The van der Waals surface area contributed by atoms with Gasteiger partial charge in [0.1, 0.15) is 5.78 Å². The zero-order valence-electron chi connectivity index (χ0n) is 17.4. The molecule has 0 spiro atoms. The Morgan fingerprint density at radius 3 is 2.50 bits per heavy atom. The maximum absolute atomic E-state index is 12.3. The van der Waals surface area contributed by atoms with Gasteiger partial charge in [0.2, 0.25) is 0 Å². The first-order valence-electron chi connectivity index (χ1n) is 11.8. The summed E-state index contributed by atoms with van der Waals surface area (Å²) in [5.74, 6) is 3.84. The molecular formula is C24H36O4. The first kappa shape index (κ1) is 18.3. The van der Waals surface area contributed by atoms with Crippen molar-refractivity contribution in [1.29, 1.82) is 0 Å². The van der Waals surface area contributed by atoms with Crippen molar-refractivity contribution in [2.45, 2.75) is 82.8 Å². The van der Waals surface area contributed by atoms with Gasteiger partial charge in [-0.25, -0.2) is 0 Å². The lowest BCUT2D eigenvalue weighted by atomic mass is 9.42. The van der Waals surface area contributed by atoms with Crippen LogP contribution in [0.1, 0.15) is 71.6 Å². The predicted molar refractivity (Wildman–Crippen MR) is 104 cm³/mol. The number of aliphatic hydroxyl groups is 3. The smallest absolute Gasteiger partial charge is 0.135 e. The van der Waals surface area contributed by atoms with E-state index in [0.29, 0.717) is 60.7 Å². The van der Waals surface area contributed by atoms with Crippen LogP contribution in [0.2, 0.25) is 0 Å². The lowest BCUT2D eigenvalue weighted by Gasteiger charge is -2.64. The monoisotopic (exact) mass is 388 g/mol. The molecule has 0 aromatic carbocycles. The first-order valence-corrected chi connectivity index (χ1v) is 11.8. The lowest BCUT2D eigenvalue weighted by molar-refractivity contribution is -0.223. The van der Waals surface area contributed by atoms with E-state index in [-0.39, 0.29) is 23.2 Å². The standard InChI is InChI=1S/C24H36O4/c1-21-7-4-13(26)12-24(21,28)17-10-14(17)19-16(21)5-8-22(2)20(19)15-11-18(15)23(22,27)6-3-9-25/h14-20,25,27-28H,3-12H2,1-2H3. The number of hydrogen-bond acceptors (Lipinski definition) is 4. The number of aliphatic hydroxyl groups excluding tert-OH is 1. The second kappa shape index (κ2) is 5.23. The van der Waals surface area contributed by atoms with Gasteiger partial charge in [-0.15, -0.1) is 0 Å². The molecule has 0 radical (unpaired) electrons. The number of carbonyl (C=O) groups is 1. The van der Waals surface area contributed by atoms with Gasteiger partial charge in [0.05, 0.1) is 11.2 Å². The van der Waals surface area contributed by atoms with Crippen LogP contribution in [0.25, 0.3) is 0 Å². The van der Waals surface area contributed by atoms with Crippen molar-refractivity contribution in [3.8, 4) is 0 Å². The molecule has 6 aliphatic rings. The Bertz CT molecular complexity index is 736. The van der Waals surface area contributed by atoms with E-state index >= 15 is 0 Å². The summed E-state index contributed by atoms with van der Waals surface area (Å²) in [7, 11) is 0. The zero-order chi connectivity index (χ0) is 19.7. The second-order valence-corrected chi connectivity index (χ2v) is 12.0. The molecule has 0 aromatic rings. The summed E-state index contributed by atoms with van der Waals surface area (Å²) >= 11 is 0. The Balaban J connectivity index is 1.39. The molecule has 4 nitrogen and oxygen atoms in total. The fourth-order valence-electron chi connectivity index (χ4n) is 9.92. The van der Waals surface area contributed by atoms with Gasteiger partial charge in [-0.2, -0.15) is 0 Å². The Morgan fingerprint density at radius 2 is 1.75 bits per heavy atom. The van der Waals surface area contributed by atoms with Gasteiger partial charge in [-0.05, 0) is 91.8 Å². The minimum absolute atomic E-state index is 0.0413. The number of fused-ring (bicyclic) bond motifs is 10. The van der Waals surface area contributed by atoms with Crippen LogP contribution in [0.3, 0.4) is 0 Å². The van der Waals surface area contributed by atoms with E-state index in [1.165, 1.54) is 0 Å². The molecule has 6 fully saturated rings. The van der Waals surface area contributed by atoms with E-state index in [4.69, 9.17) is 0 Å². The van der Waals surface area contributed by atoms with Crippen LogP contribution in [0, 0.1) is 52.3 Å². The molecule has 156 valence electrons. The molecule has 3 N–H and O–H groups in total. The van der Waals surface area contributed by atoms with Crippen LogP contribution in [-0.2, 0) is 4.79 Å². The van der Waals surface area contributed by atoms with Crippen molar-refractivity contribution in [3.05, 3.63) is 0 Å². The van der Waals surface area contributed by atoms with Gasteiger partial charge in [0.15, 0.2) is 0 Å². The molecule has 6 aliphatic carbocycles. The number of rotatable bonds is 3. The highest BCUT2D eigenvalue weighted by molar-refractivity contribution is 5.81. The average molecular weight is 389 g/mol. The Kier molecular flexibility index (Phi) is 3.43. The van der Waals surface area contributed by atoms with Crippen molar-refractivity contribution in [3.63, 3.8) is 0 Å². The number of Topliss-reactive ketones (excluding diaryl/α,β-unsaturated/α-hetero) is 1. The van der Waals surface area contributed by atoms with Gasteiger partial charge in [-0.1, -0.05) is 13.8 Å². The summed E-state index contributed by atoms with van der Waals surface area (Å²) in [5.41, 5.74) is -1.57. The highest BCUT2D eigenvalue weighted by atomic mass is 16.3. The Hall–Kier alpha value is -0.450. The fourth-order valence-corrected chi connectivity index (χ4v) is 9.92. The normalized spacial score (nSPS) is 63.6. The van der Waals surface area contributed by atoms with E-state index in [1.807, 2.05) is 0 Å². The van der Waals surface area contributed by atoms with E-state index in [2.05, 4.69) is 13.8 Å². The van der Waals surface area contributed by atoms with Crippen LogP contribution in [-0.4, -0.2) is 38.9 Å². The quantitative estimate of drug-likeness (QED) is 0.695. The molecule has 4 heteroatoms. The van der Waals surface area contributed by atoms with Crippen LogP contribution >= 0.6 is 0 Å². The summed E-state index contributed by atoms with van der Waals surface area (Å²) in [6.45, 7) is 4.81. The number of ketones is 1. The number of hydrogen-bond donors (Lipinski definition) is 3. The highest BCUT2D eigenvalue weighted by Crippen LogP contribution is 2.81. The maximum atomic E-state index is 12.3. The van der Waals surface area contributed by atoms with Crippen LogP contribution in [0.15, 0.2) is 0 Å². The molecule has 11 atom stereocenters. The second-order valence-electron chi connectivity index (χ2n) is 12.0. The van der Waals surface area contributed by atoms with Gasteiger partial charge in [0, 0.05) is 24.9 Å². The van der Waals surface area contributed by atoms with Crippen LogP contribution in [0.5, 0.6) is 0 Å². The van der Waals surface area contributed by atoms with Crippen molar-refractivity contribution in [2.75, 3.05) is 6.61 Å².